The molecule has 4 aromatic rings. The van der Waals surface area contributed by atoms with Crippen LogP contribution in [0.3, 0.4) is 0 Å². The molecule has 2 atom stereocenters. The van der Waals surface area contributed by atoms with Crippen molar-refractivity contribution in [1.82, 2.24) is 20.1 Å². The van der Waals surface area contributed by atoms with Gasteiger partial charge in [-0.25, -0.2) is 9.78 Å². The molecule has 7 rings (SSSR count). The van der Waals surface area contributed by atoms with Gasteiger partial charge >= 0.3 is 6.09 Å². The fraction of sp³-hybridized carbons (Fsp3) is 0.333. The smallest absolute Gasteiger partial charge is 0.412 e. The van der Waals surface area contributed by atoms with Crippen LogP contribution in [0, 0.1) is 0 Å². The Labute approximate surface area is 287 Å². The van der Waals surface area contributed by atoms with E-state index in [1.807, 2.05) is 60.0 Å². The summed E-state index contributed by atoms with van der Waals surface area (Å²) >= 11 is 2.86. The van der Waals surface area contributed by atoms with E-state index in [4.69, 9.17) is 9.47 Å². The van der Waals surface area contributed by atoms with Crippen LogP contribution in [0.25, 0.3) is 11.3 Å². The van der Waals surface area contributed by atoms with E-state index >= 15 is 0 Å². The second kappa shape index (κ2) is 14.9. The molecule has 3 fully saturated rings. The van der Waals surface area contributed by atoms with Crippen LogP contribution in [-0.4, -0.2) is 76.8 Å². The zero-order chi connectivity index (χ0) is 32.9. The molecule has 0 radical (unpaired) electrons. The lowest BCUT2D eigenvalue weighted by molar-refractivity contribution is -0.120. The lowest BCUT2D eigenvalue weighted by Gasteiger charge is -2.28. The summed E-state index contributed by atoms with van der Waals surface area (Å²) in [4.78, 5) is 48.4. The van der Waals surface area contributed by atoms with E-state index in [0.717, 1.165) is 62.4 Å². The number of hydrogen-bond donors (Lipinski definition) is 2. The Morgan fingerprint density at radius 1 is 0.917 bits per heavy atom. The zero-order valence-electron chi connectivity index (χ0n) is 26.4. The Morgan fingerprint density at radius 3 is 2.40 bits per heavy atom. The average Bonchev–Trinajstić information content (AvgIpc) is 3.62. The van der Waals surface area contributed by atoms with E-state index in [9.17, 15) is 14.4 Å². The van der Waals surface area contributed by atoms with Crippen LogP contribution < -0.4 is 10.6 Å². The van der Waals surface area contributed by atoms with E-state index in [1.165, 1.54) is 16.9 Å². The van der Waals surface area contributed by atoms with Crippen LogP contribution in [0.4, 0.5) is 9.93 Å². The van der Waals surface area contributed by atoms with Gasteiger partial charge in [-0.15, -0.1) is 23.1 Å². The van der Waals surface area contributed by atoms with Crippen molar-refractivity contribution in [3.63, 3.8) is 0 Å². The zero-order valence-corrected chi connectivity index (χ0v) is 28.0. The van der Waals surface area contributed by atoms with Gasteiger partial charge in [0.1, 0.15) is 18.0 Å². The van der Waals surface area contributed by atoms with Gasteiger partial charge < -0.3 is 20.1 Å². The molecule has 1 saturated carbocycles. The van der Waals surface area contributed by atoms with Crippen LogP contribution in [-0.2, 0) is 27.4 Å². The molecule has 3 amide bonds. The highest BCUT2D eigenvalue weighted by Gasteiger charge is 2.43. The lowest BCUT2D eigenvalue weighted by Crippen LogP contribution is -2.45. The molecule has 0 spiro atoms. The summed E-state index contributed by atoms with van der Waals surface area (Å²) < 4.78 is 11.2. The number of carbonyl (C=O) groups excluding carboxylic acids is 3. The number of carbonyl (C=O) groups is 3. The molecular weight excluding hydrogens is 647 g/mol. The van der Waals surface area contributed by atoms with Gasteiger partial charge in [0.25, 0.3) is 5.91 Å². The lowest BCUT2D eigenvalue weighted by atomic mass is 10.1. The fourth-order valence-corrected chi connectivity index (χ4v) is 7.87. The molecule has 2 aliphatic heterocycles. The van der Waals surface area contributed by atoms with Crippen LogP contribution >= 0.6 is 23.1 Å². The fourth-order valence-electron chi connectivity index (χ4n) is 5.73. The number of amides is 3. The van der Waals surface area contributed by atoms with Gasteiger partial charge in [-0.05, 0) is 41.7 Å². The van der Waals surface area contributed by atoms with E-state index < -0.39 is 12.1 Å². The molecule has 3 aromatic carbocycles. The minimum absolute atomic E-state index is 0.0706. The molecule has 10 nitrogen and oxygen atoms in total. The van der Waals surface area contributed by atoms with E-state index in [2.05, 4.69) is 32.7 Å². The number of anilines is 1. The number of ether oxygens (including phenoxy) is 2. The number of morpholine rings is 1. The van der Waals surface area contributed by atoms with Gasteiger partial charge in [0.05, 0.1) is 18.9 Å². The second-order valence-electron chi connectivity index (χ2n) is 12.1. The number of nitrogens with one attached hydrogen (secondary N) is 2. The summed E-state index contributed by atoms with van der Waals surface area (Å²) in [6.07, 6.45) is 1.52. The molecule has 48 heavy (non-hydrogen) atoms. The Hall–Kier alpha value is -4.23. The van der Waals surface area contributed by atoms with Gasteiger partial charge in [-0.2, -0.15) is 0 Å². The number of benzene rings is 3. The van der Waals surface area contributed by atoms with Crippen molar-refractivity contribution in [2.24, 2.45) is 0 Å². The molecule has 2 N–H and O–H groups in total. The molecule has 0 bridgehead atoms. The number of thioether (sulfide) groups is 1. The summed E-state index contributed by atoms with van der Waals surface area (Å²) in [5.74, 6) is 0.0205. The van der Waals surface area contributed by atoms with E-state index in [1.54, 1.807) is 28.8 Å². The molecular formula is C36H37N5O5S2. The maximum atomic E-state index is 13.7. The number of nitrogens with zero attached hydrogens (tertiary/aromatic N) is 3. The van der Waals surface area contributed by atoms with Gasteiger partial charge in [0, 0.05) is 47.9 Å². The SMILES string of the molecule is O=C(NC1CC1)c1ccc(-c2csc(NC(=O)[C@@H]3CSC(c4ccc(CN5CCOCC5)cc4)N3C(=O)OCc3ccccc3)n2)cc1. The third-order valence-electron chi connectivity index (χ3n) is 8.58. The summed E-state index contributed by atoms with van der Waals surface area (Å²) in [6, 6.07) is 24.6. The van der Waals surface area contributed by atoms with Gasteiger partial charge in [-0.3, -0.25) is 19.4 Å². The standard InChI is InChI=1S/C36H37N5O5S2/c42-32(37-29-14-15-29)27-12-10-26(11-13-27)30-22-48-35(38-30)39-33(43)31-23-47-34(41(31)36(44)46-21-25-4-2-1-3-5-25)28-8-6-24(7-9-28)20-40-16-18-45-19-17-40/h1-13,22,29,31,34H,14-21,23H2,(H,37,42)(H,38,39,43)/t31-,34?/m0/s1. The first-order valence-corrected chi connectivity index (χ1v) is 18.1. The monoisotopic (exact) mass is 683 g/mol. The Balaban J connectivity index is 1.04. The van der Waals surface area contributed by atoms with Crippen molar-refractivity contribution in [2.45, 2.75) is 43.5 Å². The minimum Gasteiger partial charge on any atom is -0.444 e. The third kappa shape index (κ3) is 7.90. The van der Waals surface area contributed by atoms with Crippen molar-refractivity contribution in [1.29, 1.82) is 0 Å². The third-order valence-corrected chi connectivity index (χ3v) is 10.7. The van der Waals surface area contributed by atoms with E-state index in [0.29, 0.717) is 28.2 Å². The Kier molecular flexibility index (Phi) is 10.0. The van der Waals surface area contributed by atoms with E-state index in [-0.39, 0.29) is 23.8 Å². The topological polar surface area (TPSA) is 113 Å². The van der Waals surface area contributed by atoms with Gasteiger partial charge in [-0.1, -0.05) is 66.7 Å². The first-order chi connectivity index (χ1) is 23.5. The Bertz CT molecular complexity index is 1720. The summed E-state index contributed by atoms with van der Waals surface area (Å²) in [7, 11) is 0. The van der Waals surface area contributed by atoms with Crippen LogP contribution in [0.1, 0.15) is 45.3 Å². The van der Waals surface area contributed by atoms with Crippen molar-refractivity contribution < 1.29 is 23.9 Å². The maximum Gasteiger partial charge on any atom is 0.412 e. The highest BCUT2D eigenvalue weighted by molar-refractivity contribution is 7.99. The molecule has 1 aliphatic carbocycles. The van der Waals surface area contributed by atoms with Gasteiger partial charge in [0.2, 0.25) is 5.91 Å². The number of hydrogen-bond acceptors (Lipinski definition) is 9. The average molecular weight is 684 g/mol. The van der Waals surface area contributed by atoms with Crippen LogP contribution in [0.5, 0.6) is 0 Å². The van der Waals surface area contributed by atoms with Crippen molar-refractivity contribution in [2.75, 3.05) is 37.4 Å². The normalized spacial score (nSPS) is 19.5. The number of aromatic nitrogens is 1. The number of thiazole rings is 1. The highest BCUT2D eigenvalue weighted by Crippen LogP contribution is 2.42. The Morgan fingerprint density at radius 2 is 1.67 bits per heavy atom. The number of rotatable bonds is 10. The summed E-state index contributed by atoms with van der Waals surface area (Å²) in [5, 5.41) is 7.85. The molecule has 2 saturated heterocycles. The van der Waals surface area contributed by atoms with Crippen LogP contribution in [0.2, 0.25) is 0 Å². The van der Waals surface area contributed by atoms with Gasteiger partial charge in [0.15, 0.2) is 5.13 Å². The first-order valence-electron chi connectivity index (χ1n) is 16.2. The molecule has 1 unspecified atom stereocenters. The van der Waals surface area contributed by atoms with Crippen LogP contribution in [0.15, 0.2) is 84.2 Å². The predicted molar refractivity (Wildman–Crippen MR) is 187 cm³/mol. The van der Waals surface area contributed by atoms with Crippen molar-refractivity contribution in [3.05, 3.63) is 106 Å². The molecule has 3 aliphatic rings. The largest absolute Gasteiger partial charge is 0.444 e. The quantitative estimate of drug-likeness (QED) is 0.212. The molecule has 248 valence electrons. The molecule has 12 heteroatoms. The molecule has 3 heterocycles. The second-order valence-corrected chi connectivity index (χ2v) is 14.1. The summed E-state index contributed by atoms with van der Waals surface area (Å²) in [6.45, 7) is 4.25. The minimum atomic E-state index is -0.757. The van der Waals surface area contributed by atoms with Crippen molar-refractivity contribution in [3.8, 4) is 11.3 Å². The highest BCUT2D eigenvalue weighted by atomic mass is 32.2. The maximum absolute atomic E-state index is 13.7. The van der Waals surface area contributed by atoms with Crippen molar-refractivity contribution >= 4 is 46.1 Å². The molecule has 1 aromatic heterocycles. The predicted octanol–water partition coefficient (Wildman–Crippen LogP) is 5.93. The first kappa shape index (κ1) is 32.3. The summed E-state index contributed by atoms with van der Waals surface area (Å²) in [5.41, 5.74) is 5.13.